The number of hydrogen-bond donors (Lipinski definition) is 1. The summed E-state index contributed by atoms with van der Waals surface area (Å²) in [6.45, 7) is 2.76. The van der Waals surface area contributed by atoms with E-state index in [9.17, 15) is 18.0 Å². The van der Waals surface area contributed by atoms with Gasteiger partial charge in [0, 0.05) is 31.8 Å². The fourth-order valence-corrected chi connectivity index (χ4v) is 4.15. The Morgan fingerprint density at radius 3 is 2.68 bits per heavy atom. The van der Waals surface area contributed by atoms with Crippen molar-refractivity contribution < 1.29 is 32.2 Å². The highest BCUT2D eigenvalue weighted by molar-refractivity contribution is 5.92. The summed E-state index contributed by atoms with van der Waals surface area (Å²) in [7, 11) is 1.55. The molecule has 0 aliphatic carbocycles. The standard InChI is InChI=1S/C25H27F3N2O4/c1-32-21-14-17(15-22-24(21)34-12-11-33-22)5-6-23(31)29-20-7-9-30(10-8-20)16-18-3-2-4-19(13-18)25(26,27)28/h2-6,13-15,20H,7-12,16H2,1H3,(H,29,31)/b6-5+. The van der Waals surface area contributed by atoms with Crippen LogP contribution in [0.3, 0.4) is 0 Å². The lowest BCUT2D eigenvalue weighted by atomic mass is 10.0. The number of carbonyl (C=O) groups is 1. The Morgan fingerprint density at radius 1 is 1.18 bits per heavy atom. The molecule has 34 heavy (non-hydrogen) atoms. The van der Waals surface area contributed by atoms with Gasteiger partial charge in [-0.25, -0.2) is 0 Å². The Balaban J connectivity index is 1.28. The molecule has 0 atom stereocenters. The lowest BCUT2D eigenvalue weighted by Crippen LogP contribution is -2.43. The van der Waals surface area contributed by atoms with Gasteiger partial charge in [0.2, 0.25) is 11.7 Å². The minimum Gasteiger partial charge on any atom is -0.493 e. The van der Waals surface area contributed by atoms with E-state index >= 15 is 0 Å². The molecule has 0 radical (unpaired) electrons. The summed E-state index contributed by atoms with van der Waals surface area (Å²) in [5, 5.41) is 3.01. The Hall–Kier alpha value is -3.20. The smallest absolute Gasteiger partial charge is 0.416 e. The molecule has 182 valence electrons. The fraction of sp³-hybridized carbons (Fsp3) is 0.400. The zero-order valence-corrected chi connectivity index (χ0v) is 18.9. The second-order valence-electron chi connectivity index (χ2n) is 8.34. The number of likely N-dealkylation sites (tertiary alicyclic amines) is 1. The second kappa shape index (κ2) is 10.4. The molecule has 2 aromatic rings. The minimum absolute atomic E-state index is 0.0183. The molecule has 4 rings (SSSR count). The van der Waals surface area contributed by atoms with Gasteiger partial charge in [-0.2, -0.15) is 13.2 Å². The summed E-state index contributed by atoms with van der Waals surface area (Å²) in [6.07, 6.45) is 0.289. The zero-order chi connectivity index (χ0) is 24.1. The first-order valence-electron chi connectivity index (χ1n) is 11.2. The summed E-state index contributed by atoms with van der Waals surface area (Å²) in [5.41, 5.74) is 0.761. The van der Waals surface area contributed by atoms with Crippen LogP contribution in [-0.4, -0.2) is 50.3 Å². The normalized spacial score (nSPS) is 17.1. The maximum Gasteiger partial charge on any atom is 0.416 e. The molecule has 1 amide bonds. The van der Waals surface area contributed by atoms with Crippen molar-refractivity contribution in [1.29, 1.82) is 0 Å². The van der Waals surface area contributed by atoms with E-state index in [-0.39, 0.29) is 11.9 Å². The van der Waals surface area contributed by atoms with E-state index in [0.29, 0.717) is 55.7 Å². The Morgan fingerprint density at radius 2 is 1.94 bits per heavy atom. The first-order valence-corrected chi connectivity index (χ1v) is 11.2. The highest BCUT2D eigenvalue weighted by atomic mass is 19.4. The summed E-state index contributed by atoms with van der Waals surface area (Å²) < 4.78 is 55.3. The van der Waals surface area contributed by atoms with Crippen molar-refractivity contribution >= 4 is 12.0 Å². The number of benzene rings is 2. The van der Waals surface area contributed by atoms with E-state index in [1.807, 2.05) is 0 Å². The van der Waals surface area contributed by atoms with Gasteiger partial charge in [-0.15, -0.1) is 0 Å². The van der Waals surface area contributed by atoms with Gasteiger partial charge in [-0.05, 0) is 48.2 Å². The maximum atomic E-state index is 12.9. The molecule has 2 aromatic carbocycles. The van der Waals surface area contributed by atoms with Crippen molar-refractivity contribution in [3.63, 3.8) is 0 Å². The van der Waals surface area contributed by atoms with Crippen LogP contribution in [0.1, 0.15) is 29.5 Å². The highest BCUT2D eigenvalue weighted by Crippen LogP contribution is 2.40. The van der Waals surface area contributed by atoms with Crippen LogP contribution in [0.4, 0.5) is 13.2 Å². The van der Waals surface area contributed by atoms with Crippen molar-refractivity contribution in [3.05, 3.63) is 59.2 Å². The Kier molecular flexibility index (Phi) is 7.31. The molecule has 1 saturated heterocycles. The van der Waals surface area contributed by atoms with Crippen LogP contribution in [0.25, 0.3) is 6.08 Å². The molecule has 1 N–H and O–H groups in total. The Labute approximate surface area is 196 Å². The SMILES string of the molecule is COc1cc(/C=C/C(=O)NC2CCN(Cc3cccc(C(F)(F)F)c3)CC2)cc2c1OCCO2. The van der Waals surface area contributed by atoms with Crippen LogP contribution in [0.15, 0.2) is 42.5 Å². The minimum atomic E-state index is -4.34. The van der Waals surface area contributed by atoms with Crippen molar-refractivity contribution in [3.8, 4) is 17.2 Å². The van der Waals surface area contributed by atoms with E-state index in [2.05, 4.69) is 10.2 Å². The van der Waals surface area contributed by atoms with Crippen LogP contribution < -0.4 is 19.5 Å². The van der Waals surface area contributed by atoms with Crippen molar-refractivity contribution in [2.24, 2.45) is 0 Å². The van der Waals surface area contributed by atoms with Crippen molar-refractivity contribution in [2.45, 2.75) is 31.6 Å². The molecule has 0 unspecified atom stereocenters. The third-order valence-corrected chi connectivity index (χ3v) is 5.87. The lowest BCUT2D eigenvalue weighted by molar-refractivity contribution is -0.137. The van der Waals surface area contributed by atoms with Gasteiger partial charge in [-0.1, -0.05) is 18.2 Å². The number of fused-ring (bicyclic) bond motifs is 1. The predicted octanol–water partition coefficient (Wildman–Crippen LogP) is 4.28. The molecule has 1 fully saturated rings. The number of alkyl halides is 3. The number of piperidine rings is 1. The third-order valence-electron chi connectivity index (χ3n) is 5.87. The molecule has 6 nitrogen and oxygen atoms in total. The van der Waals surface area contributed by atoms with Crippen molar-refractivity contribution in [2.75, 3.05) is 33.4 Å². The molecule has 0 spiro atoms. The number of rotatable bonds is 6. The molecule has 0 saturated carbocycles. The Bertz CT molecular complexity index is 1030. The maximum absolute atomic E-state index is 12.9. The number of hydrogen-bond acceptors (Lipinski definition) is 5. The largest absolute Gasteiger partial charge is 0.493 e. The number of nitrogens with one attached hydrogen (secondary N) is 1. The van der Waals surface area contributed by atoms with Gasteiger partial charge in [0.1, 0.15) is 13.2 Å². The summed E-state index contributed by atoms with van der Waals surface area (Å²) in [4.78, 5) is 14.5. The number of halogens is 3. The summed E-state index contributed by atoms with van der Waals surface area (Å²) >= 11 is 0. The van der Waals surface area contributed by atoms with Crippen LogP contribution in [-0.2, 0) is 17.5 Å². The van der Waals surface area contributed by atoms with Gasteiger partial charge in [-0.3, -0.25) is 9.69 Å². The van der Waals surface area contributed by atoms with Gasteiger partial charge >= 0.3 is 6.18 Å². The number of methoxy groups -OCH3 is 1. The predicted molar refractivity (Wildman–Crippen MR) is 121 cm³/mol. The monoisotopic (exact) mass is 476 g/mol. The third kappa shape index (κ3) is 6.02. The lowest BCUT2D eigenvalue weighted by Gasteiger charge is -2.32. The molecule has 2 aliphatic heterocycles. The quantitative estimate of drug-likeness (QED) is 0.631. The van der Waals surface area contributed by atoms with E-state index in [1.54, 1.807) is 31.4 Å². The first-order chi connectivity index (χ1) is 16.3. The van der Waals surface area contributed by atoms with Gasteiger partial charge < -0.3 is 19.5 Å². The molecule has 0 bridgehead atoms. The molecule has 2 heterocycles. The zero-order valence-electron chi connectivity index (χ0n) is 18.9. The fourth-order valence-electron chi connectivity index (χ4n) is 4.15. The molecule has 0 aromatic heterocycles. The summed E-state index contributed by atoms with van der Waals surface area (Å²) in [5.74, 6) is 1.49. The van der Waals surface area contributed by atoms with E-state index in [4.69, 9.17) is 14.2 Å². The highest BCUT2D eigenvalue weighted by Gasteiger charge is 2.30. The van der Waals surface area contributed by atoms with Crippen LogP contribution in [0.2, 0.25) is 0 Å². The molecule has 9 heteroatoms. The van der Waals surface area contributed by atoms with E-state index in [1.165, 1.54) is 18.2 Å². The molecular weight excluding hydrogens is 449 g/mol. The van der Waals surface area contributed by atoms with Gasteiger partial charge in [0.15, 0.2) is 11.5 Å². The molecule has 2 aliphatic rings. The average molecular weight is 476 g/mol. The van der Waals surface area contributed by atoms with Crippen LogP contribution in [0.5, 0.6) is 17.2 Å². The summed E-state index contributed by atoms with van der Waals surface area (Å²) in [6, 6.07) is 9.03. The second-order valence-corrected chi connectivity index (χ2v) is 8.34. The number of ether oxygens (including phenoxy) is 3. The van der Waals surface area contributed by atoms with Crippen LogP contribution >= 0.6 is 0 Å². The van der Waals surface area contributed by atoms with Gasteiger partial charge in [0.25, 0.3) is 0 Å². The molecular formula is C25H27F3N2O4. The average Bonchev–Trinajstić information content (AvgIpc) is 2.83. The number of nitrogens with zero attached hydrogens (tertiary/aromatic N) is 1. The van der Waals surface area contributed by atoms with Crippen molar-refractivity contribution in [1.82, 2.24) is 10.2 Å². The van der Waals surface area contributed by atoms with E-state index < -0.39 is 11.7 Å². The van der Waals surface area contributed by atoms with Crippen LogP contribution in [0, 0.1) is 0 Å². The van der Waals surface area contributed by atoms with E-state index in [0.717, 1.165) is 24.5 Å². The van der Waals surface area contributed by atoms with Gasteiger partial charge in [0.05, 0.1) is 12.7 Å². The topological polar surface area (TPSA) is 60.0 Å². The number of carbonyl (C=O) groups excluding carboxylic acids is 1. The number of amides is 1. The first kappa shape index (κ1) is 23.9.